The van der Waals surface area contributed by atoms with Crippen molar-refractivity contribution < 1.29 is 14.7 Å². The second-order valence-electron chi connectivity index (χ2n) is 8.50. The normalized spacial score (nSPS) is 11.9. The Labute approximate surface area is 202 Å². The van der Waals surface area contributed by atoms with Gasteiger partial charge in [-0.3, -0.25) is 4.79 Å². The molecule has 0 spiro atoms. The highest BCUT2D eigenvalue weighted by Gasteiger charge is 2.24. The smallest absolute Gasteiger partial charge is 0.336 e. The fourth-order valence-corrected chi connectivity index (χ4v) is 4.37. The number of hydrogen-bond donors (Lipinski definition) is 1. The Bertz CT molecular complexity index is 1440. The highest BCUT2D eigenvalue weighted by Crippen LogP contribution is 2.29. The van der Waals surface area contributed by atoms with Gasteiger partial charge in [-0.15, -0.1) is 0 Å². The van der Waals surface area contributed by atoms with Gasteiger partial charge >= 0.3 is 5.97 Å². The van der Waals surface area contributed by atoms with Crippen LogP contribution in [0.4, 0.5) is 5.69 Å². The van der Waals surface area contributed by atoms with E-state index in [-0.39, 0.29) is 23.4 Å². The molecule has 0 unspecified atom stereocenters. The lowest BCUT2D eigenvalue weighted by atomic mass is 9.88. The van der Waals surface area contributed by atoms with E-state index < -0.39 is 5.97 Å². The van der Waals surface area contributed by atoms with Gasteiger partial charge in [0.1, 0.15) is 11.0 Å². The molecule has 34 heavy (non-hydrogen) atoms. The lowest BCUT2D eigenvalue weighted by molar-refractivity contribution is -0.130. The first-order valence-corrected chi connectivity index (χ1v) is 11.5. The summed E-state index contributed by atoms with van der Waals surface area (Å²) >= 11 is 1.07. The lowest BCUT2D eigenvalue weighted by Gasteiger charge is -2.16. The number of rotatable bonds is 7. The van der Waals surface area contributed by atoms with Gasteiger partial charge in [0.15, 0.2) is 5.78 Å². The molecule has 0 aliphatic heterocycles. The highest BCUT2D eigenvalue weighted by molar-refractivity contribution is 7.00. The topological polar surface area (TPSA) is 83.4 Å². The maximum Gasteiger partial charge on any atom is 0.336 e. The van der Waals surface area contributed by atoms with E-state index in [2.05, 4.69) is 8.75 Å². The third-order valence-electron chi connectivity index (χ3n) is 5.91. The minimum absolute atomic E-state index is 0.0200. The van der Waals surface area contributed by atoms with Gasteiger partial charge in [0.2, 0.25) is 0 Å². The predicted molar refractivity (Wildman–Crippen MR) is 137 cm³/mol. The van der Waals surface area contributed by atoms with E-state index in [9.17, 15) is 14.7 Å². The largest absolute Gasteiger partial charge is 0.478 e. The standard InChI is InChI=1S/C27H25N3O3S/c1-16-8-9-20(12-17(16)2)26(31)22(14-18-6-5-7-21(13-18)30(3)4)25(27(32)33)19-10-11-23-24(15-19)29-34-28-23/h5-13,15H,14H2,1-4H3,(H,32,33). The van der Waals surface area contributed by atoms with Crippen molar-refractivity contribution in [1.29, 1.82) is 0 Å². The van der Waals surface area contributed by atoms with Gasteiger partial charge in [-0.05, 0) is 66.4 Å². The number of nitrogens with zero attached hydrogens (tertiary/aromatic N) is 3. The molecule has 0 saturated carbocycles. The van der Waals surface area contributed by atoms with Gasteiger partial charge in [-0.25, -0.2) is 4.79 Å². The van der Waals surface area contributed by atoms with Crippen molar-refractivity contribution in [3.8, 4) is 0 Å². The summed E-state index contributed by atoms with van der Waals surface area (Å²) in [5.41, 5.74) is 6.29. The molecule has 7 heteroatoms. The van der Waals surface area contributed by atoms with Crippen molar-refractivity contribution in [2.24, 2.45) is 0 Å². The molecule has 1 heterocycles. The van der Waals surface area contributed by atoms with Gasteiger partial charge in [0.05, 0.1) is 17.3 Å². The maximum absolute atomic E-state index is 13.8. The Hall–Kier alpha value is -3.84. The van der Waals surface area contributed by atoms with Crippen molar-refractivity contribution in [2.75, 3.05) is 19.0 Å². The second kappa shape index (κ2) is 9.57. The molecule has 0 aliphatic carbocycles. The molecular formula is C27H25N3O3S. The number of anilines is 1. The van der Waals surface area contributed by atoms with Crippen molar-refractivity contribution >= 4 is 45.8 Å². The van der Waals surface area contributed by atoms with Crippen LogP contribution in [0.25, 0.3) is 16.6 Å². The number of fused-ring (bicyclic) bond motifs is 1. The molecule has 3 aromatic carbocycles. The van der Waals surface area contributed by atoms with Crippen LogP contribution < -0.4 is 4.90 Å². The average Bonchev–Trinajstić information content (AvgIpc) is 3.28. The zero-order valence-electron chi connectivity index (χ0n) is 19.5. The molecule has 0 radical (unpaired) electrons. The first kappa shape index (κ1) is 23.3. The van der Waals surface area contributed by atoms with Gasteiger partial charge in [-0.1, -0.05) is 30.3 Å². The Morgan fingerprint density at radius 2 is 1.62 bits per heavy atom. The summed E-state index contributed by atoms with van der Waals surface area (Å²) in [6.07, 6.45) is 0.183. The summed E-state index contributed by atoms with van der Waals surface area (Å²) in [4.78, 5) is 28.4. The molecule has 0 bridgehead atoms. The summed E-state index contributed by atoms with van der Waals surface area (Å²) in [7, 11) is 3.88. The molecule has 4 aromatic rings. The number of allylic oxidation sites excluding steroid dienone is 1. The maximum atomic E-state index is 13.8. The first-order valence-electron chi connectivity index (χ1n) is 10.8. The van der Waals surface area contributed by atoms with Crippen LogP contribution in [0.5, 0.6) is 0 Å². The summed E-state index contributed by atoms with van der Waals surface area (Å²) in [6.45, 7) is 3.92. The van der Waals surface area contributed by atoms with Crippen LogP contribution in [0.3, 0.4) is 0 Å². The molecule has 4 rings (SSSR count). The number of Topliss-reactive ketones (excluding diaryl/α,β-unsaturated/α-hetero) is 1. The van der Waals surface area contributed by atoms with Gasteiger partial charge in [-0.2, -0.15) is 8.75 Å². The van der Waals surface area contributed by atoms with Crippen LogP contribution in [0.1, 0.15) is 32.6 Å². The predicted octanol–water partition coefficient (Wildman–Crippen LogP) is 5.34. The Kier molecular flexibility index (Phi) is 6.56. The quantitative estimate of drug-likeness (QED) is 0.289. The van der Waals surface area contributed by atoms with E-state index in [1.54, 1.807) is 24.3 Å². The number of ketones is 1. The molecular weight excluding hydrogens is 446 g/mol. The number of aryl methyl sites for hydroxylation is 2. The van der Waals surface area contributed by atoms with E-state index >= 15 is 0 Å². The summed E-state index contributed by atoms with van der Waals surface area (Å²) in [5.74, 6) is -1.45. The molecule has 1 aromatic heterocycles. The number of benzene rings is 3. The molecule has 0 aliphatic rings. The molecule has 0 amide bonds. The number of carboxylic acid groups (broad SMARTS) is 1. The van der Waals surface area contributed by atoms with Gasteiger partial charge in [0, 0.05) is 37.3 Å². The van der Waals surface area contributed by atoms with E-state index in [4.69, 9.17) is 0 Å². The van der Waals surface area contributed by atoms with E-state index in [0.29, 0.717) is 22.2 Å². The van der Waals surface area contributed by atoms with Crippen LogP contribution in [0, 0.1) is 13.8 Å². The third-order valence-corrected chi connectivity index (χ3v) is 6.47. The first-order chi connectivity index (χ1) is 16.2. The number of aliphatic carboxylic acids is 1. The zero-order valence-corrected chi connectivity index (χ0v) is 20.3. The Morgan fingerprint density at radius 3 is 2.32 bits per heavy atom. The van der Waals surface area contributed by atoms with E-state index in [1.807, 2.05) is 69.2 Å². The molecule has 172 valence electrons. The number of hydrogen-bond acceptors (Lipinski definition) is 6. The minimum Gasteiger partial charge on any atom is -0.478 e. The number of carboxylic acids is 1. The molecule has 0 fully saturated rings. The van der Waals surface area contributed by atoms with Crippen LogP contribution >= 0.6 is 11.7 Å². The van der Waals surface area contributed by atoms with Crippen molar-refractivity contribution in [2.45, 2.75) is 20.3 Å². The third kappa shape index (κ3) is 4.75. The van der Waals surface area contributed by atoms with Crippen LogP contribution in [-0.2, 0) is 11.2 Å². The summed E-state index contributed by atoms with van der Waals surface area (Å²) in [5, 5.41) is 10.3. The summed E-state index contributed by atoms with van der Waals surface area (Å²) < 4.78 is 8.44. The minimum atomic E-state index is -1.15. The molecule has 0 atom stereocenters. The highest BCUT2D eigenvalue weighted by atomic mass is 32.1. The fourth-order valence-electron chi connectivity index (χ4n) is 3.85. The lowest BCUT2D eigenvalue weighted by Crippen LogP contribution is -2.15. The monoisotopic (exact) mass is 471 g/mol. The van der Waals surface area contributed by atoms with E-state index in [1.165, 1.54) is 0 Å². The second-order valence-corrected chi connectivity index (χ2v) is 9.02. The van der Waals surface area contributed by atoms with E-state index in [0.717, 1.165) is 34.1 Å². The molecule has 0 saturated heterocycles. The Balaban J connectivity index is 1.92. The summed E-state index contributed by atoms with van der Waals surface area (Å²) in [6, 6.07) is 18.4. The molecule has 6 nitrogen and oxygen atoms in total. The van der Waals surface area contributed by atoms with Gasteiger partial charge < -0.3 is 10.0 Å². The van der Waals surface area contributed by atoms with Gasteiger partial charge in [0.25, 0.3) is 0 Å². The van der Waals surface area contributed by atoms with Crippen molar-refractivity contribution in [3.63, 3.8) is 0 Å². The molecule has 1 N–H and O–H groups in total. The fraction of sp³-hybridized carbons (Fsp3) is 0.185. The number of aromatic nitrogens is 2. The van der Waals surface area contributed by atoms with Crippen LogP contribution in [0.2, 0.25) is 0 Å². The van der Waals surface area contributed by atoms with Crippen LogP contribution in [-0.4, -0.2) is 39.7 Å². The number of carbonyl (C=O) groups is 2. The van der Waals surface area contributed by atoms with Crippen LogP contribution in [0.15, 0.2) is 66.2 Å². The zero-order chi connectivity index (χ0) is 24.4. The van der Waals surface area contributed by atoms with Crippen molar-refractivity contribution in [1.82, 2.24) is 8.75 Å². The SMILES string of the molecule is Cc1ccc(C(=O)C(Cc2cccc(N(C)C)c2)=C(C(=O)O)c2ccc3nsnc3c2)cc1C. The number of carbonyl (C=O) groups excluding carboxylic acids is 1. The average molecular weight is 472 g/mol. The Morgan fingerprint density at radius 1 is 0.882 bits per heavy atom. The van der Waals surface area contributed by atoms with Crippen molar-refractivity contribution in [3.05, 3.63) is 94.1 Å².